The molecule has 8 heteroatoms. The number of quaternary nitrogens is 1. The van der Waals surface area contributed by atoms with Crippen LogP contribution in [0, 0.1) is 5.92 Å². The minimum Gasteiger partial charge on any atom is -0.326 e. The maximum atomic E-state index is 3.98. The molecule has 1 aliphatic rings. The fraction of sp³-hybridized carbons (Fsp3) is 0.641. The Labute approximate surface area is 308 Å². The van der Waals surface area contributed by atoms with E-state index in [1.807, 2.05) is 18.8 Å². The zero-order valence-corrected chi connectivity index (χ0v) is 34.0. The molecule has 0 saturated carbocycles. The number of rotatable bonds is 21. The molecule has 0 amide bonds. The highest BCUT2D eigenvalue weighted by molar-refractivity contribution is 7.52. The first-order valence-corrected chi connectivity index (χ1v) is 19.5. The quantitative estimate of drug-likeness (QED) is 0.0547. The van der Waals surface area contributed by atoms with Crippen molar-refractivity contribution in [2.45, 2.75) is 112 Å². The molecule has 4 atom stereocenters. The van der Waals surface area contributed by atoms with E-state index in [1.54, 1.807) is 0 Å². The Morgan fingerprint density at radius 3 is 1.91 bits per heavy atom. The van der Waals surface area contributed by atoms with Gasteiger partial charge in [0.05, 0.1) is 26.7 Å². The molecule has 0 heterocycles. The summed E-state index contributed by atoms with van der Waals surface area (Å²) in [4.78, 5) is 2.52. The van der Waals surface area contributed by atoms with E-state index in [0.717, 1.165) is 19.5 Å². The number of hydrogen-bond donors (Lipinski definition) is 0. The Morgan fingerprint density at radius 2 is 1.34 bits per heavy atom. The van der Waals surface area contributed by atoms with Gasteiger partial charge in [-0.3, -0.25) is 4.90 Å². The number of benzene rings is 1. The van der Waals surface area contributed by atoms with Gasteiger partial charge < -0.3 is 4.48 Å². The number of nitrogens with zero attached hydrogens (tertiary/aromatic N) is 4. The van der Waals surface area contributed by atoms with Crippen LogP contribution in [0.25, 0.3) is 6.08 Å². The van der Waals surface area contributed by atoms with Crippen LogP contribution in [0.15, 0.2) is 81.1 Å². The van der Waals surface area contributed by atoms with Crippen molar-refractivity contribution >= 4 is 49.7 Å². The monoisotopic (exact) mass is 723 g/mol. The summed E-state index contributed by atoms with van der Waals surface area (Å²) in [6, 6.07) is 10.5. The molecule has 1 aromatic rings. The summed E-state index contributed by atoms with van der Waals surface area (Å²) in [7, 11) is 6.50. The largest absolute Gasteiger partial charge is 0.326 e. The second-order valence-corrected chi connectivity index (χ2v) is 13.9. The standard InChI is InChI=1S/C22H29N.C16H36N.CH4.2H2NPS/c1-2-3-18-23(19-10-16-21-12-6-4-7-13-21)20-11-17-22-14-8-5-9-15-22;1-5-8-10-11-12-13-16-17(4,14-7-3)15-9-6-2;;2*2-1-3/h4-14,16-17,22H,2-3,15,18-20H2,1H3;5-16H2,1-4H3;1H4;2*2H2/q;+1;;;/b16-10+,17-11+;;;;. The molecule has 0 saturated heterocycles. The van der Waals surface area contributed by atoms with E-state index in [9.17, 15) is 0 Å². The maximum absolute atomic E-state index is 3.98. The molecule has 270 valence electrons. The molecule has 1 aromatic carbocycles. The molecule has 1 aliphatic carbocycles. The van der Waals surface area contributed by atoms with Gasteiger partial charge in [-0.2, -0.15) is 0 Å². The van der Waals surface area contributed by atoms with Gasteiger partial charge in [0.1, 0.15) is 0 Å². The van der Waals surface area contributed by atoms with E-state index in [1.165, 1.54) is 107 Å². The summed E-state index contributed by atoms with van der Waals surface area (Å²) in [6.07, 6.45) is 34.3. The van der Waals surface area contributed by atoms with Gasteiger partial charge in [-0.25, -0.2) is 8.27 Å². The number of unbranched alkanes of at least 4 members (excludes halogenated alkanes) is 7. The minimum absolute atomic E-state index is 0. The van der Waals surface area contributed by atoms with Crippen molar-refractivity contribution in [3.8, 4) is 0 Å². The van der Waals surface area contributed by atoms with Crippen molar-refractivity contribution in [1.29, 1.82) is 0 Å². The van der Waals surface area contributed by atoms with E-state index >= 15 is 0 Å². The van der Waals surface area contributed by atoms with Crippen LogP contribution < -0.4 is 0 Å². The highest BCUT2D eigenvalue weighted by atomic mass is 32.1. The van der Waals surface area contributed by atoms with Crippen molar-refractivity contribution in [2.75, 3.05) is 46.3 Å². The zero-order chi connectivity index (χ0) is 34.6. The summed E-state index contributed by atoms with van der Waals surface area (Å²) < 4.78 is 7.32. The Bertz CT molecular complexity index is 919. The third-order valence-electron chi connectivity index (χ3n) is 7.93. The number of allylic oxidation sites excluding steroid dienone is 5. The van der Waals surface area contributed by atoms with Gasteiger partial charge in [-0.05, 0) is 56.6 Å². The molecular formula is C39H73N4P2S2+. The van der Waals surface area contributed by atoms with E-state index in [0.29, 0.717) is 5.92 Å². The third kappa shape index (κ3) is 34.7. The summed E-state index contributed by atoms with van der Waals surface area (Å²) in [5.41, 5.74) is 1.28. The second kappa shape index (κ2) is 39.4. The predicted octanol–water partition coefficient (Wildman–Crippen LogP) is 12.1. The van der Waals surface area contributed by atoms with Crippen molar-refractivity contribution in [3.63, 3.8) is 0 Å². The highest BCUT2D eigenvalue weighted by Gasteiger charge is 2.18. The van der Waals surface area contributed by atoms with Crippen LogP contribution in [0.2, 0.25) is 0 Å². The SMILES string of the molecule is C.CCCCCCCC[N+](C)(CCC)CCCC.CCCCN(C/C=C/c1ccccc1)C/C=C/C1C=CC=CC1.PN=S.PN=S. The smallest absolute Gasteiger partial charge is 0.0784 e. The molecule has 2 rings (SSSR count). The van der Waals surface area contributed by atoms with E-state index < -0.39 is 0 Å². The van der Waals surface area contributed by atoms with Crippen molar-refractivity contribution in [2.24, 2.45) is 14.2 Å². The van der Waals surface area contributed by atoms with Crippen LogP contribution in [-0.4, -0.2) is 55.7 Å². The Balaban J connectivity index is -0.000000715. The molecular weight excluding hydrogens is 651 g/mol. The molecule has 47 heavy (non-hydrogen) atoms. The lowest BCUT2D eigenvalue weighted by molar-refractivity contribution is -0.910. The van der Waals surface area contributed by atoms with Gasteiger partial charge in [0, 0.05) is 56.7 Å². The van der Waals surface area contributed by atoms with Crippen LogP contribution in [0.1, 0.15) is 118 Å². The van der Waals surface area contributed by atoms with Crippen molar-refractivity contribution in [1.82, 2.24) is 4.90 Å². The van der Waals surface area contributed by atoms with E-state index in [2.05, 4.69) is 152 Å². The third-order valence-corrected chi connectivity index (χ3v) is 7.93. The van der Waals surface area contributed by atoms with Gasteiger partial charge >= 0.3 is 0 Å². The molecule has 0 aliphatic heterocycles. The fourth-order valence-electron chi connectivity index (χ4n) is 5.36. The van der Waals surface area contributed by atoms with E-state index in [-0.39, 0.29) is 7.43 Å². The average Bonchev–Trinajstić information content (AvgIpc) is 3.06. The maximum Gasteiger partial charge on any atom is 0.0784 e. The van der Waals surface area contributed by atoms with Crippen molar-refractivity contribution < 1.29 is 4.48 Å². The predicted molar refractivity (Wildman–Crippen MR) is 227 cm³/mol. The summed E-state index contributed by atoms with van der Waals surface area (Å²) >= 11 is 7.96. The van der Waals surface area contributed by atoms with Crippen LogP contribution in [-0.2, 0) is 24.9 Å². The van der Waals surface area contributed by atoms with Crippen LogP contribution in [0.5, 0.6) is 0 Å². The average molecular weight is 724 g/mol. The first-order valence-electron chi connectivity index (χ1n) is 17.7. The normalized spacial score (nSPS) is 14.6. The molecule has 4 unspecified atom stereocenters. The lowest BCUT2D eigenvalue weighted by Gasteiger charge is -2.34. The molecule has 0 radical (unpaired) electrons. The lowest BCUT2D eigenvalue weighted by atomic mass is 10.0. The fourth-order valence-corrected chi connectivity index (χ4v) is 5.36. The van der Waals surface area contributed by atoms with Gasteiger partial charge in [0.25, 0.3) is 0 Å². The van der Waals surface area contributed by atoms with Crippen LogP contribution in [0.3, 0.4) is 0 Å². The summed E-state index contributed by atoms with van der Waals surface area (Å²) in [6.45, 7) is 16.6. The lowest BCUT2D eigenvalue weighted by Crippen LogP contribution is -2.46. The molecule has 4 nitrogen and oxygen atoms in total. The molecule has 0 bridgehead atoms. The number of hydrogen-bond acceptors (Lipinski definition) is 5. The zero-order valence-electron chi connectivity index (χ0n) is 30.1. The molecule has 0 fully saturated rings. The van der Waals surface area contributed by atoms with Gasteiger partial charge in [-0.15, -0.1) is 0 Å². The van der Waals surface area contributed by atoms with E-state index in [4.69, 9.17) is 0 Å². The van der Waals surface area contributed by atoms with Gasteiger partial charge in [-0.1, -0.05) is 153 Å². The topological polar surface area (TPSA) is 28.0 Å². The first-order chi connectivity index (χ1) is 22.4. The first kappa shape index (κ1) is 50.4. The van der Waals surface area contributed by atoms with Gasteiger partial charge in [0.15, 0.2) is 0 Å². The second-order valence-electron chi connectivity index (χ2n) is 12.2. The summed E-state index contributed by atoms with van der Waals surface area (Å²) in [5, 5.41) is 0. The Kier molecular flexibility index (Phi) is 42.3. The highest BCUT2D eigenvalue weighted by Crippen LogP contribution is 2.14. The summed E-state index contributed by atoms with van der Waals surface area (Å²) in [5.74, 6) is 0.577. The van der Waals surface area contributed by atoms with Crippen LogP contribution >= 0.6 is 18.8 Å². The molecule has 0 N–H and O–H groups in total. The molecule has 0 spiro atoms. The van der Waals surface area contributed by atoms with Gasteiger partial charge in [0.2, 0.25) is 0 Å². The Morgan fingerprint density at radius 1 is 0.766 bits per heavy atom. The molecule has 0 aromatic heterocycles. The van der Waals surface area contributed by atoms with Crippen molar-refractivity contribution in [3.05, 3.63) is 78.4 Å². The Hall–Kier alpha value is -1.000. The minimum atomic E-state index is 0. The van der Waals surface area contributed by atoms with Crippen LogP contribution in [0.4, 0.5) is 0 Å².